The van der Waals surface area contributed by atoms with Crippen molar-refractivity contribution >= 4 is 35.5 Å². The van der Waals surface area contributed by atoms with E-state index in [1.807, 2.05) is 20.8 Å². The molecule has 0 aromatic carbocycles. The summed E-state index contributed by atoms with van der Waals surface area (Å²) in [5, 5.41) is 16.2. The third kappa shape index (κ3) is 8.91. The van der Waals surface area contributed by atoms with Gasteiger partial charge in [0.2, 0.25) is 0 Å². The number of alkyl carbamates (subject to hydrolysis) is 1. The molecule has 0 aliphatic carbocycles. The number of ether oxygens (including phenoxy) is 2. The van der Waals surface area contributed by atoms with E-state index in [1.54, 1.807) is 25.3 Å². The molecule has 11 heteroatoms. The van der Waals surface area contributed by atoms with Crippen molar-refractivity contribution in [2.45, 2.75) is 52.5 Å². The molecule has 0 saturated carbocycles. The maximum atomic E-state index is 11.9. The second-order valence-electron chi connectivity index (χ2n) is 7.59. The second kappa shape index (κ2) is 11.2. The van der Waals surface area contributed by atoms with Gasteiger partial charge in [-0.2, -0.15) is 0 Å². The first-order chi connectivity index (χ1) is 14.7. The Morgan fingerprint density at radius 1 is 1.26 bits per heavy atom. The normalized spacial score (nSPS) is 11.7. The Morgan fingerprint density at radius 2 is 2.00 bits per heavy atom. The van der Waals surface area contributed by atoms with Crippen molar-refractivity contribution < 1.29 is 14.3 Å². The van der Waals surface area contributed by atoms with E-state index in [9.17, 15) is 4.79 Å². The van der Waals surface area contributed by atoms with Gasteiger partial charge >= 0.3 is 6.09 Å². The molecule has 2 rings (SSSR count). The van der Waals surface area contributed by atoms with Crippen LogP contribution in [0.4, 0.5) is 10.6 Å². The Morgan fingerprint density at radius 3 is 2.65 bits per heavy atom. The molecule has 0 aliphatic rings. The molecule has 31 heavy (non-hydrogen) atoms. The van der Waals surface area contributed by atoms with Crippen molar-refractivity contribution in [2.75, 3.05) is 5.32 Å². The van der Waals surface area contributed by atoms with Crippen molar-refractivity contribution in [3.63, 3.8) is 0 Å². The highest BCUT2D eigenvalue weighted by atomic mass is 32.1. The number of nitrogens with zero attached hydrogens (tertiary/aromatic N) is 3. The molecule has 10 nitrogen and oxygen atoms in total. The molecule has 0 fully saturated rings. The summed E-state index contributed by atoms with van der Waals surface area (Å²) in [6, 6.07) is 3.58. The number of thiocarbonyl (C=S) groups is 1. The summed E-state index contributed by atoms with van der Waals surface area (Å²) in [6.07, 6.45) is 4.97. The van der Waals surface area contributed by atoms with Gasteiger partial charge in [-0.1, -0.05) is 0 Å². The number of hydrogen-bond donors (Lipinski definition) is 4. The summed E-state index contributed by atoms with van der Waals surface area (Å²) in [5.41, 5.74) is 0.791. The van der Waals surface area contributed by atoms with Gasteiger partial charge < -0.3 is 30.8 Å². The predicted molar refractivity (Wildman–Crippen MR) is 121 cm³/mol. The number of pyridine rings is 1. The molecular weight excluding hydrogens is 418 g/mol. The van der Waals surface area contributed by atoms with Gasteiger partial charge in [0.25, 0.3) is 0 Å². The number of carbonyl (C=O) groups is 1. The molecule has 166 valence electrons. The molecule has 2 aromatic heterocycles. The smallest absolute Gasteiger partial charge is 0.407 e. The Kier molecular flexibility index (Phi) is 8.62. The Bertz CT molecular complexity index is 900. The van der Waals surface area contributed by atoms with Crippen LogP contribution >= 0.6 is 12.2 Å². The van der Waals surface area contributed by atoms with Crippen LogP contribution in [0.2, 0.25) is 0 Å². The maximum Gasteiger partial charge on any atom is 0.407 e. The number of aromatic nitrogens is 3. The standard InChI is InChI=1S/C20H27N7O3S/c1-13(9-21)30-15-6-5-14(24-11-15)10-25-18(31)26-17-16(22-7-8-23-17)12-29-19(28)27-20(2,3)4/h5-9,11,13,21H,10,12H2,1-4H3,(H,27,28)(H2,23,25,26,31). The number of rotatable bonds is 8. The van der Waals surface area contributed by atoms with Crippen molar-refractivity contribution in [3.8, 4) is 5.75 Å². The van der Waals surface area contributed by atoms with Gasteiger partial charge in [-0.05, 0) is 52.0 Å². The maximum absolute atomic E-state index is 11.9. The number of hydrogen-bond acceptors (Lipinski definition) is 8. The summed E-state index contributed by atoms with van der Waals surface area (Å²) in [5.74, 6) is 0.973. The highest BCUT2D eigenvalue weighted by Gasteiger charge is 2.16. The van der Waals surface area contributed by atoms with Crippen molar-refractivity contribution in [3.05, 3.63) is 42.1 Å². The first kappa shape index (κ1) is 23.9. The lowest BCUT2D eigenvalue weighted by Gasteiger charge is -2.20. The van der Waals surface area contributed by atoms with E-state index >= 15 is 0 Å². The molecule has 1 unspecified atom stereocenters. The zero-order valence-corrected chi connectivity index (χ0v) is 18.7. The lowest BCUT2D eigenvalue weighted by Crippen LogP contribution is -2.40. The van der Waals surface area contributed by atoms with Crippen LogP contribution in [0.5, 0.6) is 5.75 Å². The van der Waals surface area contributed by atoms with E-state index in [2.05, 4.69) is 30.9 Å². The Labute approximate surface area is 186 Å². The Hall–Kier alpha value is -3.34. The van der Waals surface area contributed by atoms with Gasteiger partial charge in [-0.15, -0.1) is 0 Å². The molecule has 0 aliphatic heterocycles. The first-order valence-corrected chi connectivity index (χ1v) is 9.99. The monoisotopic (exact) mass is 445 g/mol. The van der Waals surface area contributed by atoms with Crippen LogP contribution in [0.1, 0.15) is 39.1 Å². The van der Waals surface area contributed by atoms with E-state index in [0.29, 0.717) is 28.9 Å². The third-order valence-electron chi connectivity index (χ3n) is 3.61. The molecule has 1 amide bonds. The van der Waals surface area contributed by atoms with E-state index in [4.69, 9.17) is 27.1 Å². The SMILES string of the molecule is CC(C=N)Oc1ccc(CNC(=S)Nc2nccnc2COC(=O)NC(C)(C)C)nc1. The number of nitrogens with one attached hydrogen (secondary N) is 4. The summed E-state index contributed by atoms with van der Waals surface area (Å²) < 4.78 is 10.7. The number of anilines is 1. The fourth-order valence-electron chi connectivity index (χ4n) is 2.21. The molecule has 4 N–H and O–H groups in total. The summed E-state index contributed by atoms with van der Waals surface area (Å²) in [6.45, 7) is 7.68. The summed E-state index contributed by atoms with van der Waals surface area (Å²) in [4.78, 5) is 24.6. The highest BCUT2D eigenvalue weighted by molar-refractivity contribution is 7.80. The zero-order valence-electron chi connectivity index (χ0n) is 17.9. The molecule has 0 bridgehead atoms. The minimum Gasteiger partial charge on any atom is -0.483 e. The average Bonchev–Trinajstić information content (AvgIpc) is 2.71. The Balaban J connectivity index is 1.87. The van der Waals surface area contributed by atoms with Gasteiger partial charge in [0.05, 0.1) is 18.4 Å². The number of carbonyl (C=O) groups excluding carboxylic acids is 1. The van der Waals surface area contributed by atoms with Gasteiger partial charge in [0.1, 0.15) is 24.2 Å². The molecule has 0 radical (unpaired) electrons. The molecule has 0 spiro atoms. The molecular formula is C20H27N7O3S. The average molecular weight is 446 g/mol. The molecule has 1 atom stereocenters. The second-order valence-corrected chi connectivity index (χ2v) is 7.99. The lowest BCUT2D eigenvalue weighted by atomic mass is 10.1. The summed E-state index contributed by atoms with van der Waals surface area (Å²) >= 11 is 5.31. The third-order valence-corrected chi connectivity index (χ3v) is 3.85. The van der Waals surface area contributed by atoms with Crippen molar-refractivity contribution in [1.29, 1.82) is 5.41 Å². The minimum absolute atomic E-state index is 0.0576. The van der Waals surface area contributed by atoms with Gasteiger partial charge in [0.15, 0.2) is 10.9 Å². The van der Waals surface area contributed by atoms with Crippen molar-refractivity contribution in [2.24, 2.45) is 0 Å². The predicted octanol–water partition coefficient (Wildman–Crippen LogP) is 2.80. The van der Waals surface area contributed by atoms with Crippen LogP contribution in [0, 0.1) is 5.41 Å². The van der Waals surface area contributed by atoms with E-state index in [-0.39, 0.29) is 12.7 Å². The highest BCUT2D eigenvalue weighted by Crippen LogP contribution is 2.12. The van der Waals surface area contributed by atoms with Crippen LogP contribution in [-0.4, -0.2) is 44.0 Å². The number of amides is 1. The fourth-order valence-corrected chi connectivity index (χ4v) is 2.38. The van der Waals surface area contributed by atoms with Crippen LogP contribution in [-0.2, 0) is 17.9 Å². The van der Waals surface area contributed by atoms with Gasteiger partial charge in [-0.25, -0.2) is 9.78 Å². The van der Waals surface area contributed by atoms with Crippen LogP contribution in [0.15, 0.2) is 30.7 Å². The fraction of sp³-hybridized carbons (Fsp3) is 0.400. The lowest BCUT2D eigenvalue weighted by molar-refractivity contribution is 0.130. The van der Waals surface area contributed by atoms with E-state index in [0.717, 1.165) is 5.69 Å². The molecule has 0 saturated heterocycles. The first-order valence-electron chi connectivity index (χ1n) is 9.58. The van der Waals surface area contributed by atoms with Crippen LogP contribution in [0.3, 0.4) is 0 Å². The largest absolute Gasteiger partial charge is 0.483 e. The summed E-state index contributed by atoms with van der Waals surface area (Å²) in [7, 11) is 0. The van der Waals surface area contributed by atoms with Gasteiger partial charge in [-0.3, -0.25) is 9.97 Å². The van der Waals surface area contributed by atoms with Crippen LogP contribution in [0.25, 0.3) is 0 Å². The quantitative estimate of drug-likeness (QED) is 0.357. The minimum atomic E-state index is -0.543. The zero-order chi connectivity index (χ0) is 22.9. The van der Waals surface area contributed by atoms with Gasteiger partial charge in [0, 0.05) is 24.1 Å². The molecule has 2 aromatic rings. The van der Waals surface area contributed by atoms with E-state index < -0.39 is 11.6 Å². The van der Waals surface area contributed by atoms with Crippen LogP contribution < -0.4 is 20.7 Å². The van der Waals surface area contributed by atoms with E-state index in [1.165, 1.54) is 18.6 Å². The molecule has 2 heterocycles. The topological polar surface area (TPSA) is 134 Å². The van der Waals surface area contributed by atoms with Crippen molar-refractivity contribution in [1.82, 2.24) is 25.6 Å².